The molecule has 0 fully saturated rings. The molecule has 1 heterocycles. The van der Waals surface area contributed by atoms with Crippen molar-refractivity contribution in [1.29, 1.82) is 0 Å². The van der Waals surface area contributed by atoms with Crippen LogP contribution in [0.1, 0.15) is 17.0 Å². The van der Waals surface area contributed by atoms with E-state index < -0.39 is 0 Å². The van der Waals surface area contributed by atoms with E-state index in [0.29, 0.717) is 12.1 Å². The van der Waals surface area contributed by atoms with E-state index in [9.17, 15) is 9.59 Å². The minimum absolute atomic E-state index is 0.0924. The van der Waals surface area contributed by atoms with Crippen molar-refractivity contribution in [3.05, 3.63) is 18.2 Å². The zero-order valence-electron chi connectivity index (χ0n) is 6.15. The third-order valence-corrected chi connectivity index (χ3v) is 1.34. The van der Waals surface area contributed by atoms with Crippen LogP contribution in [0, 0.1) is 0 Å². The highest BCUT2D eigenvalue weighted by atomic mass is 16.1. The molecule has 0 spiro atoms. The van der Waals surface area contributed by atoms with Crippen LogP contribution in [-0.4, -0.2) is 21.6 Å². The summed E-state index contributed by atoms with van der Waals surface area (Å²) in [6, 6.07) is 0. The Bertz CT molecular complexity index is 278. The number of hydrogen-bond donors (Lipinski definition) is 0. The number of carbonyl (C=O) groups excluding carboxylic acids is 2. The quantitative estimate of drug-likeness (QED) is 0.353. The second-order valence-electron chi connectivity index (χ2n) is 2.16. The lowest BCUT2D eigenvalue weighted by atomic mass is 10.3. The summed E-state index contributed by atoms with van der Waals surface area (Å²) in [6.07, 6.45) is 3.68. The molecule has 0 bridgehead atoms. The molecule has 1 aromatic rings. The van der Waals surface area contributed by atoms with Crippen LogP contribution < -0.4 is 0 Å². The van der Waals surface area contributed by atoms with Crippen LogP contribution in [0.3, 0.4) is 0 Å². The van der Waals surface area contributed by atoms with Gasteiger partial charge in [-0.05, 0) is 0 Å². The van der Waals surface area contributed by atoms with Gasteiger partial charge in [0.2, 0.25) is 5.78 Å². The average Bonchev–Trinajstić information content (AvgIpc) is 2.36. The number of aldehydes is 1. The van der Waals surface area contributed by atoms with Crippen molar-refractivity contribution in [1.82, 2.24) is 9.55 Å². The van der Waals surface area contributed by atoms with E-state index >= 15 is 0 Å². The molecule has 0 aromatic carbocycles. The van der Waals surface area contributed by atoms with Gasteiger partial charge in [0.15, 0.2) is 5.82 Å². The van der Waals surface area contributed by atoms with E-state index in [1.165, 1.54) is 6.20 Å². The first kappa shape index (κ1) is 7.65. The highest BCUT2D eigenvalue weighted by Crippen LogP contribution is 1.97. The van der Waals surface area contributed by atoms with Crippen LogP contribution in [0.2, 0.25) is 0 Å². The van der Waals surface area contributed by atoms with E-state index in [2.05, 4.69) is 4.98 Å². The Labute approximate surface area is 63.9 Å². The zero-order chi connectivity index (χ0) is 8.27. The molecule has 11 heavy (non-hydrogen) atoms. The molecule has 1 aromatic heterocycles. The van der Waals surface area contributed by atoms with Crippen molar-refractivity contribution in [2.45, 2.75) is 6.42 Å². The summed E-state index contributed by atoms with van der Waals surface area (Å²) in [6.45, 7) is 0. The van der Waals surface area contributed by atoms with Crippen molar-refractivity contribution in [3.8, 4) is 0 Å². The molecule has 0 amide bonds. The third-order valence-electron chi connectivity index (χ3n) is 1.34. The fourth-order valence-electron chi connectivity index (χ4n) is 0.801. The normalized spacial score (nSPS) is 9.55. The summed E-state index contributed by atoms with van der Waals surface area (Å²) in [5.74, 6) is 0.0876. The number of ketones is 1. The number of Topliss-reactive ketones (excluding diaryl/α,β-unsaturated/α-hetero) is 1. The first-order valence-electron chi connectivity index (χ1n) is 3.20. The number of rotatable bonds is 3. The van der Waals surface area contributed by atoms with Crippen LogP contribution in [-0.2, 0) is 11.8 Å². The summed E-state index contributed by atoms with van der Waals surface area (Å²) >= 11 is 0. The van der Waals surface area contributed by atoms with Crippen LogP contribution >= 0.6 is 0 Å². The number of aromatic nitrogens is 2. The number of carbonyl (C=O) groups is 2. The molecule has 58 valence electrons. The van der Waals surface area contributed by atoms with Gasteiger partial charge in [-0.2, -0.15) is 0 Å². The Morgan fingerprint density at radius 3 is 3.00 bits per heavy atom. The molecule has 0 aliphatic carbocycles. The fraction of sp³-hybridized carbons (Fsp3) is 0.286. The smallest absolute Gasteiger partial charge is 0.205 e. The van der Waals surface area contributed by atoms with Crippen LogP contribution in [0.15, 0.2) is 12.4 Å². The fourth-order valence-corrected chi connectivity index (χ4v) is 0.801. The first-order chi connectivity index (χ1) is 5.25. The second-order valence-corrected chi connectivity index (χ2v) is 2.16. The lowest BCUT2D eigenvalue weighted by Crippen LogP contribution is -2.07. The van der Waals surface area contributed by atoms with Gasteiger partial charge < -0.3 is 9.36 Å². The molecule has 0 radical (unpaired) electrons. The van der Waals surface area contributed by atoms with E-state index in [-0.39, 0.29) is 12.2 Å². The molecular weight excluding hydrogens is 144 g/mol. The molecule has 0 atom stereocenters. The van der Waals surface area contributed by atoms with Crippen LogP contribution in [0.4, 0.5) is 0 Å². The standard InChI is InChI=1S/C7H8N2O2/c1-9-4-3-8-7(9)6(11)2-5-10/h3-5H,2H2,1H3. The summed E-state index contributed by atoms with van der Waals surface area (Å²) in [7, 11) is 1.71. The molecule has 4 nitrogen and oxygen atoms in total. The van der Waals surface area contributed by atoms with Gasteiger partial charge >= 0.3 is 0 Å². The van der Waals surface area contributed by atoms with E-state index in [1.54, 1.807) is 17.8 Å². The Morgan fingerprint density at radius 2 is 2.55 bits per heavy atom. The van der Waals surface area contributed by atoms with Crippen molar-refractivity contribution in [2.24, 2.45) is 7.05 Å². The topological polar surface area (TPSA) is 52.0 Å². The van der Waals surface area contributed by atoms with Gasteiger partial charge in [-0.1, -0.05) is 0 Å². The van der Waals surface area contributed by atoms with Gasteiger partial charge in [0.05, 0.1) is 6.42 Å². The predicted molar refractivity (Wildman–Crippen MR) is 38.2 cm³/mol. The zero-order valence-corrected chi connectivity index (χ0v) is 6.15. The van der Waals surface area contributed by atoms with Gasteiger partial charge in [-0.25, -0.2) is 4.98 Å². The van der Waals surface area contributed by atoms with Crippen molar-refractivity contribution in [2.75, 3.05) is 0 Å². The molecule has 0 saturated heterocycles. The number of imidazole rings is 1. The molecule has 4 heteroatoms. The summed E-state index contributed by atoms with van der Waals surface area (Å²) in [5, 5.41) is 0. The summed E-state index contributed by atoms with van der Waals surface area (Å²) in [5.41, 5.74) is 0. The molecule has 0 aliphatic heterocycles. The Hall–Kier alpha value is -1.45. The maximum absolute atomic E-state index is 11.0. The monoisotopic (exact) mass is 152 g/mol. The third kappa shape index (κ3) is 1.52. The first-order valence-corrected chi connectivity index (χ1v) is 3.20. The Kier molecular flexibility index (Phi) is 2.15. The minimum Gasteiger partial charge on any atom is -0.332 e. The number of aryl methyl sites for hydroxylation is 1. The van der Waals surface area contributed by atoms with Gasteiger partial charge in [0.25, 0.3) is 0 Å². The molecular formula is C7H8N2O2. The Balaban J connectivity index is 2.83. The van der Waals surface area contributed by atoms with Crippen molar-refractivity contribution >= 4 is 12.1 Å². The highest BCUT2D eigenvalue weighted by Gasteiger charge is 2.08. The molecule has 0 saturated carbocycles. The van der Waals surface area contributed by atoms with Crippen molar-refractivity contribution < 1.29 is 9.59 Å². The molecule has 0 aliphatic rings. The molecule has 0 unspecified atom stereocenters. The van der Waals surface area contributed by atoms with Gasteiger partial charge in [-0.15, -0.1) is 0 Å². The maximum Gasteiger partial charge on any atom is 0.205 e. The predicted octanol–water partition coefficient (Wildman–Crippen LogP) is 0.192. The Morgan fingerprint density at radius 1 is 1.82 bits per heavy atom. The van der Waals surface area contributed by atoms with E-state index in [4.69, 9.17) is 0 Å². The number of nitrogens with zero attached hydrogens (tertiary/aromatic N) is 2. The molecule has 0 N–H and O–H groups in total. The second kappa shape index (κ2) is 3.09. The van der Waals surface area contributed by atoms with E-state index in [0.717, 1.165) is 0 Å². The van der Waals surface area contributed by atoms with E-state index in [1.807, 2.05) is 0 Å². The summed E-state index contributed by atoms with van der Waals surface area (Å²) < 4.78 is 1.59. The maximum atomic E-state index is 11.0. The highest BCUT2D eigenvalue weighted by molar-refractivity contribution is 6.00. The lowest BCUT2D eigenvalue weighted by molar-refractivity contribution is -0.107. The van der Waals surface area contributed by atoms with Gasteiger partial charge in [0.1, 0.15) is 6.29 Å². The lowest BCUT2D eigenvalue weighted by Gasteiger charge is -1.95. The minimum atomic E-state index is -0.243. The molecule has 1 rings (SSSR count). The number of hydrogen-bond acceptors (Lipinski definition) is 3. The van der Waals surface area contributed by atoms with Gasteiger partial charge in [0, 0.05) is 19.4 Å². The van der Waals surface area contributed by atoms with Crippen molar-refractivity contribution in [3.63, 3.8) is 0 Å². The SMILES string of the molecule is Cn1ccnc1C(=O)CC=O. The van der Waals surface area contributed by atoms with Crippen LogP contribution in [0.25, 0.3) is 0 Å². The average molecular weight is 152 g/mol. The van der Waals surface area contributed by atoms with Gasteiger partial charge in [-0.3, -0.25) is 4.79 Å². The largest absolute Gasteiger partial charge is 0.332 e. The summed E-state index contributed by atoms with van der Waals surface area (Å²) in [4.78, 5) is 24.8. The van der Waals surface area contributed by atoms with Crippen LogP contribution in [0.5, 0.6) is 0 Å².